The molecule has 0 radical (unpaired) electrons. The molecule has 1 rings (SSSR count). The fourth-order valence-corrected chi connectivity index (χ4v) is 5.43. The lowest BCUT2D eigenvalue weighted by atomic mass is 9.80. The van der Waals surface area contributed by atoms with E-state index < -0.39 is 0 Å². The molecule has 0 spiro atoms. The first-order chi connectivity index (χ1) is 12.4. The number of hydrogen-bond donors (Lipinski definition) is 0. The van der Waals surface area contributed by atoms with E-state index in [9.17, 15) is 0 Å². The third kappa shape index (κ3) is 8.63. The molecule has 0 unspecified atom stereocenters. The van der Waals surface area contributed by atoms with Gasteiger partial charge in [-0.05, 0) is 28.4 Å². The van der Waals surface area contributed by atoms with Crippen LogP contribution in [0.3, 0.4) is 0 Å². The first-order valence-electron chi connectivity index (χ1n) is 11.2. The lowest BCUT2D eigenvalue weighted by molar-refractivity contribution is 0.530. The number of rotatable bonds is 10. The van der Waals surface area contributed by atoms with Crippen molar-refractivity contribution in [3.63, 3.8) is 0 Å². The maximum absolute atomic E-state index is 2.45. The fourth-order valence-electron chi connectivity index (χ4n) is 3.66. The van der Waals surface area contributed by atoms with Crippen molar-refractivity contribution in [3.05, 3.63) is 29.3 Å². The quantitative estimate of drug-likeness (QED) is 0.283. The Hall–Kier alpha value is -0.430. The van der Waals surface area contributed by atoms with Gasteiger partial charge >= 0.3 is 0 Å². The van der Waals surface area contributed by atoms with Crippen molar-refractivity contribution in [2.75, 3.05) is 0 Å². The van der Waals surface area contributed by atoms with E-state index >= 15 is 0 Å². The van der Waals surface area contributed by atoms with Crippen LogP contribution in [0, 0.1) is 0 Å². The van der Waals surface area contributed by atoms with Gasteiger partial charge in [-0.2, -0.15) is 0 Å². The Morgan fingerprint density at radius 3 is 1.56 bits per heavy atom. The maximum atomic E-state index is 2.45. The van der Waals surface area contributed by atoms with Crippen molar-refractivity contribution in [2.45, 2.75) is 134 Å². The largest absolute Gasteiger partial charge is 0.119 e. The molecule has 0 fully saturated rings. The average Bonchev–Trinajstić information content (AvgIpc) is 2.51. The zero-order chi connectivity index (χ0) is 20.7. The van der Waals surface area contributed by atoms with Crippen LogP contribution in [0.25, 0.3) is 0 Å². The molecule has 0 amide bonds. The van der Waals surface area contributed by atoms with Crippen molar-refractivity contribution < 1.29 is 0 Å². The molecule has 1 aromatic rings. The highest BCUT2D eigenvalue weighted by molar-refractivity contribution is 8.00. The minimum atomic E-state index is 0.180. The Bertz CT molecular complexity index is 522. The monoisotopic (exact) mass is 390 g/mol. The van der Waals surface area contributed by atoms with E-state index in [1.165, 1.54) is 67.4 Å². The summed E-state index contributed by atoms with van der Waals surface area (Å²) in [6, 6.07) is 6.96. The Morgan fingerprint density at radius 1 is 0.667 bits per heavy atom. The molecule has 0 saturated heterocycles. The van der Waals surface area contributed by atoms with E-state index in [2.05, 4.69) is 92.3 Å². The number of thioether (sulfide) groups is 1. The molecule has 156 valence electrons. The second-order valence-corrected chi connectivity index (χ2v) is 12.6. The van der Waals surface area contributed by atoms with E-state index in [0.29, 0.717) is 0 Å². The van der Waals surface area contributed by atoms with Crippen molar-refractivity contribution in [2.24, 2.45) is 0 Å². The molecule has 1 heteroatoms. The summed E-state index contributed by atoms with van der Waals surface area (Å²) in [5.74, 6) is 0. The summed E-state index contributed by atoms with van der Waals surface area (Å²) >= 11 is 2.12. The topological polar surface area (TPSA) is 0 Å². The van der Waals surface area contributed by atoms with Crippen LogP contribution >= 0.6 is 11.8 Å². The van der Waals surface area contributed by atoms with Gasteiger partial charge in [0.2, 0.25) is 0 Å². The highest BCUT2D eigenvalue weighted by Gasteiger charge is 2.29. The van der Waals surface area contributed by atoms with Crippen molar-refractivity contribution in [1.29, 1.82) is 0 Å². The van der Waals surface area contributed by atoms with Gasteiger partial charge in [-0.3, -0.25) is 0 Å². The van der Waals surface area contributed by atoms with Gasteiger partial charge in [-0.25, -0.2) is 0 Å². The summed E-state index contributed by atoms with van der Waals surface area (Å²) in [6.45, 7) is 21.3. The molecule has 0 aliphatic carbocycles. The van der Waals surface area contributed by atoms with Gasteiger partial charge in [0.25, 0.3) is 0 Å². The SMILES string of the molecule is CCCCCCCCCC(C)(C)Sc1c(C(C)(C)C)cccc1C(C)(C)C. The Kier molecular flexibility index (Phi) is 9.46. The van der Waals surface area contributed by atoms with Gasteiger partial charge in [0, 0.05) is 9.64 Å². The van der Waals surface area contributed by atoms with Crippen LogP contribution in [0.4, 0.5) is 0 Å². The smallest absolute Gasteiger partial charge is 0.0152 e. The summed E-state index contributed by atoms with van der Waals surface area (Å²) < 4.78 is 0.283. The van der Waals surface area contributed by atoms with Crippen molar-refractivity contribution in [3.8, 4) is 0 Å². The predicted molar refractivity (Wildman–Crippen MR) is 126 cm³/mol. The minimum Gasteiger partial charge on any atom is -0.119 e. The number of unbranched alkanes of at least 4 members (excludes halogenated alkanes) is 6. The molecule has 0 N–H and O–H groups in total. The molecule has 0 nitrogen and oxygen atoms in total. The second kappa shape index (κ2) is 10.4. The van der Waals surface area contributed by atoms with Gasteiger partial charge in [-0.15, -0.1) is 11.8 Å². The summed E-state index contributed by atoms with van der Waals surface area (Å²) in [5.41, 5.74) is 3.37. The predicted octanol–water partition coefficient (Wildman–Crippen LogP) is 9.29. The highest BCUT2D eigenvalue weighted by atomic mass is 32.2. The zero-order valence-corrected chi connectivity index (χ0v) is 20.6. The van der Waals surface area contributed by atoms with Crippen LogP contribution in [0.5, 0.6) is 0 Å². The Labute approximate surface area is 175 Å². The van der Waals surface area contributed by atoms with Gasteiger partial charge < -0.3 is 0 Å². The molecular weight excluding hydrogens is 344 g/mol. The van der Waals surface area contributed by atoms with Crippen molar-refractivity contribution >= 4 is 11.8 Å². The van der Waals surface area contributed by atoms with E-state index in [1.807, 2.05) is 0 Å². The van der Waals surface area contributed by atoms with Crippen LogP contribution in [0.15, 0.2) is 23.1 Å². The van der Waals surface area contributed by atoms with Gasteiger partial charge in [0.05, 0.1) is 0 Å². The number of hydrogen-bond acceptors (Lipinski definition) is 1. The van der Waals surface area contributed by atoms with Gasteiger partial charge in [-0.1, -0.05) is 125 Å². The lowest BCUT2D eigenvalue weighted by Gasteiger charge is -2.34. The van der Waals surface area contributed by atoms with Crippen LogP contribution in [0.2, 0.25) is 0 Å². The number of benzene rings is 1. The molecule has 0 aliphatic rings. The lowest BCUT2D eigenvalue weighted by Crippen LogP contribution is -2.22. The van der Waals surface area contributed by atoms with Crippen LogP contribution < -0.4 is 0 Å². The zero-order valence-electron chi connectivity index (χ0n) is 19.8. The van der Waals surface area contributed by atoms with E-state index in [1.54, 1.807) is 0 Å². The third-order valence-electron chi connectivity index (χ3n) is 5.39. The molecule has 0 aromatic heterocycles. The van der Waals surface area contributed by atoms with Gasteiger partial charge in [0.1, 0.15) is 0 Å². The summed E-state index contributed by atoms with van der Waals surface area (Å²) in [4.78, 5) is 1.53. The Morgan fingerprint density at radius 2 is 1.11 bits per heavy atom. The molecule has 0 atom stereocenters. The molecule has 0 bridgehead atoms. The molecule has 0 aliphatic heterocycles. The van der Waals surface area contributed by atoms with Crippen molar-refractivity contribution in [1.82, 2.24) is 0 Å². The molecular formula is C26H46S. The normalized spacial score (nSPS) is 13.2. The molecule has 1 aromatic carbocycles. The molecule has 0 heterocycles. The summed E-state index contributed by atoms with van der Waals surface area (Å²) in [5, 5.41) is 0. The third-order valence-corrected chi connectivity index (χ3v) is 6.79. The fraction of sp³-hybridized carbons (Fsp3) is 0.769. The van der Waals surface area contributed by atoms with Crippen LogP contribution in [0.1, 0.15) is 125 Å². The average molecular weight is 391 g/mol. The molecule has 0 saturated carbocycles. The van der Waals surface area contributed by atoms with E-state index in [0.717, 1.165) is 0 Å². The van der Waals surface area contributed by atoms with Crippen LogP contribution in [-0.4, -0.2) is 4.75 Å². The minimum absolute atomic E-state index is 0.180. The maximum Gasteiger partial charge on any atom is 0.0152 e. The standard InChI is InChI=1S/C26H46S/c1-10-11-12-13-14-15-16-20-26(8,9)27-23-21(24(2,3)4)18-17-19-22(23)25(5,6)7/h17-19H,10-16,20H2,1-9H3. The Balaban J connectivity index is 2.86. The van der Waals surface area contributed by atoms with E-state index in [-0.39, 0.29) is 15.6 Å². The highest BCUT2D eigenvalue weighted by Crippen LogP contribution is 2.46. The van der Waals surface area contributed by atoms with Crippen LogP contribution in [-0.2, 0) is 10.8 Å². The first-order valence-corrected chi connectivity index (χ1v) is 12.0. The summed E-state index contributed by atoms with van der Waals surface area (Å²) in [6.07, 6.45) is 11.0. The van der Waals surface area contributed by atoms with E-state index in [4.69, 9.17) is 0 Å². The van der Waals surface area contributed by atoms with Gasteiger partial charge in [0.15, 0.2) is 0 Å². The second-order valence-electron chi connectivity index (χ2n) is 10.9. The first kappa shape index (κ1) is 24.6. The summed E-state index contributed by atoms with van der Waals surface area (Å²) in [7, 11) is 0. The molecule has 27 heavy (non-hydrogen) atoms.